The van der Waals surface area contributed by atoms with Gasteiger partial charge in [-0.05, 0) is 18.6 Å². The number of guanidine groups is 1. The maximum atomic E-state index is 5.36. The Hall–Kier alpha value is -1.06. The molecule has 0 unspecified atom stereocenters. The van der Waals surface area contributed by atoms with Crippen LogP contribution in [-0.4, -0.2) is 77.4 Å². The Morgan fingerprint density at radius 1 is 1.16 bits per heavy atom. The maximum absolute atomic E-state index is 5.36. The number of halogens is 1. The highest BCUT2D eigenvalue weighted by atomic mass is 127. The minimum atomic E-state index is 0. The second-order valence-corrected chi connectivity index (χ2v) is 5.99. The molecule has 1 aliphatic rings. The molecular weight excluding hydrogens is 429 g/mol. The van der Waals surface area contributed by atoms with Crippen molar-refractivity contribution in [3.05, 3.63) is 30.3 Å². The van der Waals surface area contributed by atoms with Crippen LogP contribution in [0.2, 0.25) is 0 Å². The van der Waals surface area contributed by atoms with Crippen LogP contribution in [0.15, 0.2) is 35.3 Å². The normalized spacial score (nSPS) is 15.4. The SMILES string of the molecule is CN=C(NCCCN(C)c1ccccc1)NCCN1CCOCC1.I. The lowest BCUT2D eigenvalue weighted by Gasteiger charge is -2.26. The molecule has 1 aromatic carbocycles. The lowest BCUT2D eigenvalue weighted by atomic mass is 10.3. The van der Waals surface area contributed by atoms with E-state index in [4.69, 9.17) is 4.74 Å². The van der Waals surface area contributed by atoms with E-state index in [-0.39, 0.29) is 24.0 Å². The minimum Gasteiger partial charge on any atom is -0.379 e. The fraction of sp³-hybridized carbons (Fsp3) is 0.611. The third-order valence-corrected chi connectivity index (χ3v) is 4.21. The lowest BCUT2D eigenvalue weighted by molar-refractivity contribution is 0.0389. The summed E-state index contributed by atoms with van der Waals surface area (Å²) in [5, 5.41) is 6.76. The third kappa shape index (κ3) is 8.73. The van der Waals surface area contributed by atoms with Crippen molar-refractivity contribution in [2.45, 2.75) is 6.42 Å². The van der Waals surface area contributed by atoms with Crippen LogP contribution in [0, 0.1) is 0 Å². The summed E-state index contributed by atoms with van der Waals surface area (Å²) in [5.41, 5.74) is 1.26. The molecule has 1 heterocycles. The predicted molar refractivity (Wildman–Crippen MR) is 116 cm³/mol. The van der Waals surface area contributed by atoms with Crippen molar-refractivity contribution < 1.29 is 4.74 Å². The minimum absolute atomic E-state index is 0. The smallest absolute Gasteiger partial charge is 0.191 e. The number of rotatable bonds is 8. The first-order chi connectivity index (χ1) is 11.8. The van der Waals surface area contributed by atoms with E-state index in [9.17, 15) is 0 Å². The Balaban J connectivity index is 0.00000312. The van der Waals surface area contributed by atoms with Crippen LogP contribution in [0.5, 0.6) is 0 Å². The molecule has 2 N–H and O–H groups in total. The van der Waals surface area contributed by atoms with Crippen molar-refractivity contribution in [2.24, 2.45) is 4.99 Å². The molecule has 6 nitrogen and oxygen atoms in total. The van der Waals surface area contributed by atoms with Gasteiger partial charge in [-0.3, -0.25) is 9.89 Å². The summed E-state index contributed by atoms with van der Waals surface area (Å²) in [6.07, 6.45) is 1.07. The molecular formula is C18H32IN5O. The Labute approximate surface area is 169 Å². The molecule has 0 atom stereocenters. The van der Waals surface area contributed by atoms with E-state index < -0.39 is 0 Å². The van der Waals surface area contributed by atoms with Gasteiger partial charge in [0.1, 0.15) is 0 Å². The van der Waals surface area contributed by atoms with E-state index in [2.05, 4.69) is 56.7 Å². The van der Waals surface area contributed by atoms with E-state index in [1.54, 1.807) is 0 Å². The Bertz CT molecular complexity index is 480. The standard InChI is InChI=1S/C18H31N5O.HI/c1-19-18(21-10-12-23-13-15-24-16-14-23)20-9-6-11-22(2)17-7-4-3-5-8-17;/h3-5,7-8H,6,9-16H2,1-2H3,(H2,19,20,21);1H. The monoisotopic (exact) mass is 461 g/mol. The molecule has 1 aromatic rings. The van der Waals surface area contributed by atoms with Gasteiger partial charge in [-0.1, -0.05) is 18.2 Å². The third-order valence-electron chi connectivity index (χ3n) is 4.21. The molecule has 0 aliphatic carbocycles. The number of para-hydroxylation sites is 1. The Kier molecular flexibility index (Phi) is 11.6. The largest absolute Gasteiger partial charge is 0.379 e. The van der Waals surface area contributed by atoms with E-state index >= 15 is 0 Å². The number of ether oxygens (including phenoxy) is 1. The maximum Gasteiger partial charge on any atom is 0.191 e. The fourth-order valence-corrected chi connectivity index (χ4v) is 2.71. The summed E-state index contributed by atoms with van der Waals surface area (Å²) in [6.45, 7) is 7.61. The highest BCUT2D eigenvalue weighted by Crippen LogP contribution is 2.10. The van der Waals surface area contributed by atoms with Crippen LogP contribution in [0.4, 0.5) is 5.69 Å². The van der Waals surface area contributed by atoms with Crippen molar-refractivity contribution in [3.63, 3.8) is 0 Å². The van der Waals surface area contributed by atoms with Crippen LogP contribution in [0.1, 0.15) is 6.42 Å². The van der Waals surface area contributed by atoms with Crippen molar-refractivity contribution in [2.75, 3.05) is 71.5 Å². The Morgan fingerprint density at radius 2 is 1.84 bits per heavy atom. The number of hydrogen-bond donors (Lipinski definition) is 2. The van der Waals surface area contributed by atoms with Crippen LogP contribution < -0.4 is 15.5 Å². The van der Waals surface area contributed by atoms with E-state index in [1.807, 2.05) is 13.1 Å². The predicted octanol–water partition coefficient (Wildman–Crippen LogP) is 1.63. The summed E-state index contributed by atoms with van der Waals surface area (Å²) in [4.78, 5) is 8.97. The number of benzene rings is 1. The molecule has 1 aliphatic heterocycles. The number of aliphatic imine (C=N–C) groups is 1. The van der Waals surface area contributed by atoms with Gasteiger partial charge in [-0.25, -0.2) is 0 Å². The summed E-state index contributed by atoms with van der Waals surface area (Å²) in [5.74, 6) is 0.880. The zero-order valence-electron chi connectivity index (χ0n) is 15.4. The topological polar surface area (TPSA) is 52.1 Å². The van der Waals surface area contributed by atoms with Crippen LogP contribution in [0.25, 0.3) is 0 Å². The summed E-state index contributed by atoms with van der Waals surface area (Å²) < 4.78 is 5.36. The summed E-state index contributed by atoms with van der Waals surface area (Å²) in [7, 11) is 3.95. The molecule has 2 rings (SSSR count). The number of morpholine rings is 1. The quantitative estimate of drug-likeness (QED) is 0.267. The average Bonchev–Trinajstić information content (AvgIpc) is 2.65. The van der Waals surface area contributed by atoms with Gasteiger partial charge in [0, 0.05) is 59.1 Å². The molecule has 25 heavy (non-hydrogen) atoms. The van der Waals surface area contributed by atoms with Gasteiger partial charge in [0.2, 0.25) is 0 Å². The van der Waals surface area contributed by atoms with E-state index in [1.165, 1.54) is 5.69 Å². The summed E-state index contributed by atoms with van der Waals surface area (Å²) in [6, 6.07) is 10.5. The molecule has 0 aromatic heterocycles. The van der Waals surface area contributed by atoms with Gasteiger partial charge < -0.3 is 20.3 Å². The van der Waals surface area contributed by atoms with Gasteiger partial charge in [-0.2, -0.15) is 0 Å². The molecule has 0 bridgehead atoms. The molecule has 7 heteroatoms. The first-order valence-electron chi connectivity index (χ1n) is 8.80. The van der Waals surface area contributed by atoms with E-state index in [0.717, 1.165) is 64.9 Å². The number of nitrogens with one attached hydrogen (secondary N) is 2. The molecule has 142 valence electrons. The average molecular weight is 461 g/mol. The number of hydrogen-bond acceptors (Lipinski definition) is 4. The summed E-state index contributed by atoms with van der Waals surface area (Å²) >= 11 is 0. The highest BCUT2D eigenvalue weighted by Gasteiger charge is 2.09. The fourth-order valence-electron chi connectivity index (χ4n) is 2.71. The van der Waals surface area contributed by atoms with Crippen molar-refractivity contribution in [1.82, 2.24) is 15.5 Å². The first-order valence-corrected chi connectivity index (χ1v) is 8.80. The second-order valence-electron chi connectivity index (χ2n) is 5.99. The van der Waals surface area contributed by atoms with Gasteiger partial charge in [0.15, 0.2) is 5.96 Å². The Morgan fingerprint density at radius 3 is 2.52 bits per heavy atom. The zero-order valence-corrected chi connectivity index (χ0v) is 17.7. The molecule has 0 spiro atoms. The first kappa shape index (κ1) is 22.0. The van der Waals surface area contributed by atoms with Crippen molar-refractivity contribution in [1.29, 1.82) is 0 Å². The molecule has 0 amide bonds. The lowest BCUT2D eigenvalue weighted by Crippen LogP contribution is -2.44. The molecule has 0 saturated carbocycles. The van der Waals surface area contributed by atoms with Crippen molar-refractivity contribution >= 4 is 35.6 Å². The molecule has 1 saturated heterocycles. The number of anilines is 1. The highest BCUT2D eigenvalue weighted by molar-refractivity contribution is 14.0. The molecule has 1 fully saturated rings. The van der Waals surface area contributed by atoms with Gasteiger partial charge in [-0.15, -0.1) is 24.0 Å². The molecule has 0 radical (unpaired) electrons. The van der Waals surface area contributed by atoms with Crippen LogP contribution >= 0.6 is 24.0 Å². The van der Waals surface area contributed by atoms with Gasteiger partial charge in [0.05, 0.1) is 13.2 Å². The zero-order chi connectivity index (χ0) is 17.0. The van der Waals surface area contributed by atoms with Gasteiger partial charge >= 0.3 is 0 Å². The van der Waals surface area contributed by atoms with Gasteiger partial charge in [0.25, 0.3) is 0 Å². The van der Waals surface area contributed by atoms with E-state index in [0.29, 0.717) is 0 Å². The second kappa shape index (κ2) is 13.2. The van der Waals surface area contributed by atoms with Crippen LogP contribution in [-0.2, 0) is 4.74 Å². The van der Waals surface area contributed by atoms with Crippen molar-refractivity contribution in [3.8, 4) is 0 Å². The number of nitrogens with zero attached hydrogens (tertiary/aromatic N) is 3. The van der Waals surface area contributed by atoms with Crippen LogP contribution in [0.3, 0.4) is 0 Å².